The van der Waals surface area contributed by atoms with E-state index in [2.05, 4.69) is 299 Å². The van der Waals surface area contributed by atoms with E-state index in [0.29, 0.717) is 0 Å². The van der Waals surface area contributed by atoms with E-state index >= 15 is 0 Å². The lowest BCUT2D eigenvalue weighted by molar-refractivity contribution is 0.794. The predicted molar refractivity (Wildman–Crippen MR) is 317 cm³/mol. The van der Waals surface area contributed by atoms with Gasteiger partial charge in [0.15, 0.2) is 0 Å². The second kappa shape index (κ2) is 16.5. The Bertz CT molecular complexity index is 4540. The summed E-state index contributed by atoms with van der Waals surface area (Å²) in [4.78, 5) is 2.59. The number of rotatable bonds is 7. The first-order valence-corrected chi connectivity index (χ1v) is 26.3. The molecule has 2 aromatic heterocycles. The first-order valence-electron chi connectivity index (χ1n) is 26.3. The average molecular weight is 966 g/mol. The van der Waals surface area contributed by atoms with Crippen LogP contribution in [0.25, 0.3) is 99.5 Å². The van der Waals surface area contributed by atoms with Gasteiger partial charge in [-0.2, -0.15) is 0 Å². The van der Waals surface area contributed by atoms with Crippen LogP contribution < -0.4 is 4.90 Å². The molecule has 2 aliphatic carbocycles. The van der Waals surface area contributed by atoms with Crippen LogP contribution in [0.15, 0.2) is 285 Å². The molecule has 2 aliphatic rings. The van der Waals surface area contributed by atoms with Crippen LogP contribution in [0.1, 0.15) is 22.3 Å². The minimum absolute atomic E-state index is 0.507. The fourth-order valence-corrected chi connectivity index (χ4v) is 13.5. The monoisotopic (exact) mass is 965 g/mol. The van der Waals surface area contributed by atoms with E-state index < -0.39 is 5.41 Å². The van der Waals surface area contributed by atoms with Crippen molar-refractivity contribution in [1.82, 2.24) is 9.13 Å². The van der Waals surface area contributed by atoms with Crippen molar-refractivity contribution in [1.29, 1.82) is 0 Å². The summed E-state index contributed by atoms with van der Waals surface area (Å²) in [7, 11) is 0. The van der Waals surface area contributed by atoms with E-state index in [1.165, 1.54) is 93.8 Å². The minimum atomic E-state index is -0.507. The van der Waals surface area contributed by atoms with Crippen LogP contribution in [-0.2, 0) is 5.41 Å². The molecule has 0 saturated heterocycles. The highest BCUT2D eigenvalue weighted by Crippen LogP contribution is 2.65. The average Bonchev–Trinajstić information content (AvgIpc) is 4.41. The van der Waals surface area contributed by atoms with E-state index in [4.69, 9.17) is 0 Å². The number of benzene rings is 12. The number of anilines is 3. The van der Waals surface area contributed by atoms with E-state index in [-0.39, 0.29) is 0 Å². The zero-order chi connectivity index (χ0) is 49.9. The first kappa shape index (κ1) is 42.5. The summed E-state index contributed by atoms with van der Waals surface area (Å²) in [6.45, 7) is 0. The quantitative estimate of drug-likeness (QED) is 0.155. The molecule has 0 atom stereocenters. The van der Waals surface area contributed by atoms with Crippen LogP contribution in [-0.4, -0.2) is 9.13 Å². The predicted octanol–water partition coefficient (Wildman–Crippen LogP) is 19.0. The highest BCUT2D eigenvalue weighted by atomic mass is 15.2. The largest absolute Gasteiger partial charge is 0.309 e. The Morgan fingerprint density at radius 1 is 0.276 bits per heavy atom. The van der Waals surface area contributed by atoms with E-state index in [0.717, 1.165) is 45.0 Å². The summed E-state index contributed by atoms with van der Waals surface area (Å²) >= 11 is 0. The summed E-state index contributed by atoms with van der Waals surface area (Å²) in [5.74, 6) is 0. The number of fused-ring (bicyclic) bond motifs is 16. The standard InChI is InChI=1S/C73H47N3/c1-4-22-48(23-5-1)50-44-51(49-24-6-2-7-25-49)46-54(45-50)76-66-38-19-14-32-60(66)72-68(40-21-41-69(72)76)75(53-42-43-58-57-30-13-18-37-65(57)74(70(58)47-53)52-26-8-3-9-27-52)67-39-20-36-64-71(67)59-31-12-17-35-63(59)73(64)61-33-15-10-28-55(61)56-29-11-16-34-62(56)73/h1-47H. The van der Waals surface area contributed by atoms with E-state index in [9.17, 15) is 0 Å². The fraction of sp³-hybridized carbons (Fsp3) is 0.0137. The van der Waals surface area contributed by atoms with Crippen molar-refractivity contribution in [3.8, 4) is 55.9 Å². The van der Waals surface area contributed by atoms with Crippen LogP contribution in [0, 0.1) is 0 Å². The van der Waals surface area contributed by atoms with Crippen LogP contribution >= 0.6 is 0 Å². The Kier molecular flexibility index (Phi) is 9.25. The van der Waals surface area contributed by atoms with E-state index in [1.54, 1.807) is 0 Å². The van der Waals surface area contributed by atoms with Gasteiger partial charge in [0.25, 0.3) is 0 Å². The molecule has 0 amide bonds. The highest BCUT2D eigenvalue weighted by molar-refractivity contribution is 6.18. The van der Waals surface area contributed by atoms with Crippen molar-refractivity contribution >= 4 is 60.7 Å². The van der Waals surface area contributed by atoms with Gasteiger partial charge in [0.1, 0.15) is 0 Å². The smallest absolute Gasteiger partial charge is 0.0726 e. The topological polar surface area (TPSA) is 13.1 Å². The van der Waals surface area contributed by atoms with Gasteiger partial charge in [-0.25, -0.2) is 0 Å². The number of nitrogens with zero attached hydrogens (tertiary/aromatic N) is 3. The molecule has 0 fully saturated rings. The van der Waals surface area contributed by atoms with Crippen LogP contribution in [0.5, 0.6) is 0 Å². The Hall–Kier alpha value is -9.96. The van der Waals surface area contributed by atoms with Crippen molar-refractivity contribution in [2.24, 2.45) is 0 Å². The molecule has 3 nitrogen and oxygen atoms in total. The zero-order valence-corrected chi connectivity index (χ0v) is 41.5. The maximum Gasteiger partial charge on any atom is 0.0726 e. The first-order chi connectivity index (χ1) is 37.7. The molecular formula is C73H47N3. The summed E-state index contributed by atoms with van der Waals surface area (Å²) in [6.07, 6.45) is 0. The molecule has 0 unspecified atom stereocenters. The Balaban J connectivity index is 1.02. The molecule has 12 aromatic carbocycles. The van der Waals surface area contributed by atoms with Gasteiger partial charge in [-0.15, -0.1) is 0 Å². The lowest BCUT2D eigenvalue weighted by Gasteiger charge is -2.32. The molecule has 2 heterocycles. The van der Waals surface area contributed by atoms with Gasteiger partial charge in [0.05, 0.1) is 38.9 Å². The Morgan fingerprint density at radius 3 is 1.42 bits per heavy atom. The van der Waals surface area contributed by atoms with Gasteiger partial charge in [0.2, 0.25) is 0 Å². The summed E-state index contributed by atoms with van der Waals surface area (Å²) in [5, 5.41) is 4.81. The number of hydrogen-bond acceptors (Lipinski definition) is 1. The molecular weight excluding hydrogens is 919 g/mol. The fourth-order valence-electron chi connectivity index (χ4n) is 13.5. The summed E-state index contributed by atoms with van der Waals surface area (Å²) in [6, 6.07) is 106. The lowest BCUT2D eigenvalue weighted by atomic mass is 9.70. The van der Waals surface area contributed by atoms with Gasteiger partial charge in [-0.3, -0.25) is 0 Å². The van der Waals surface area contributed by atoms with Crippen molar-refractivity contribution in [3.63, 3.8) is 0 Å². The number of hydrogen-bond donors (Lipinski definition) is 0. The van der Waals surface area contributed by atoms with Gasteiger partial charge in [-0.1, -0.05) is 212 Å². The molecule has 76 heavy (non-hydrogen) atoms. The Morgan fingerprint density at radius 2 is 0.750 bits per heavy atom. The summed E-state index contributed by atoms with van der Waals surface area (Å²) < 4.78 is 4.93. The van der Waals surface area contributed by atoms with Gasteiger partial charge in [-0.05, 0) is 134 Å². The third kappa shape index (κ3) is 5.99. The molecule has 0 radical (unpaired) electrons. The van der Waals surface area contributed by atoms with Crippen LogP contribution in [0.3, 0.4) is 0 Å². The second-order valence-electron chi connectivity index (χ2n) is 20.3. The molecule has 0 aliphatic heterocycles. The van der Waals surface area contributed by atoms with E-state index in [1.807, 2.05) is 0 Å². The molecule has 0 bridgehead atoms. The Labute approximate surface area is 441 Å². The van der Waals surface area contributed by atoms with Crippen molar-refractivity contribution in [3.05, 3.63) is 307 Å². The van der Waals surface area contributed by atoms with Gasteiger partial charge >= 0.3 is 0 Å². The third-order valence-corrected chi connectivity index (χ3v) is 16.5. The van der Waals surface area contributed by atoms with Crippen LogP contribution in [0.2, 0.25) is 0 Å². The van der Waals surface area contributed by atoms with Gasteiger partial charge in [0, 0.05) is 44.2 Å². The number of aromatic nitrogens is 2. The maximum atomic E-state index is 2.59. The number of para-hydroxylation sites is 3. The third-order valence-electron chi connectivity index (χ3n) is 16.5. The lowest BCUT2D eigenvalue weighted by Crippen LogP contribution is -2.26. The molecule has 14 aromatic rings. The van der Waals surface area contributed by atoms with Crippen molar-refractivity contribution in [2.45, 2.75) is 5.41 Å². The maximum absolute atomic E-state index is 2.59. The highest BCUT2D eigenvalue weighted by Gasteiger charge is 2.52. The van der Waals surface area contributed by atoms with Crippen molar-refractivity contribution < 1.29 is 0 Å². The molecule has 0 saturated carbocycles. The molecule has 354 valence electrons. The molecule has 16 rings (SSSR count). The van der Waals surface area contributed by atoms with Crippen molar-refractivity contribution in [2.75, 3.05) is 4.90 Å². The normalized spacial score (nSPS) is 12.8. The summed E-state index contributed by atoms with van der Waals surface area (Å²) in [5.41, 5.74) is 24.7. The zero-order valence-electron chi connectivity index (χ0n) is 41.5. The molecule has 3 heteroatoms. The molecule has 1 spiro atoms. The SMILES string of the molecule is c1ccc(-c2cc(-c3ccccc3)cc(-n3c4ccccc4c4c(N(c5ccc6c7ccccc7n(-c7ccccc7)c6c5)c5cccc6c5-c5ccccc5C65c6ccccc6-c6ccccc65)cccc43)c2)cc1. The second-order valence-corrected chi connectivity index (χ2v) is 20.3. The minimum Gasteiger partial charge on any atom is -0.309 e. The molecule has 0 N–H and O–H groups in total. The van der Waals surface area contributed by atoms with Crippen LogP contribution in [0.4, 0.5) is 17.1 Å². The van der Waals surface area contributed by atoms with Gasteiger partial charge < -0.3 is 14.0 Å².